The maximum atomic E-state index is 9.07. The minimum absolute atomic E-state index is 0.946. The Morgan fingerprint density at radius 3 is 2.15 bits per heavy atom. The summed E-state index contributed by atoms with van der Waals surface area (Å²) in [4.78, 5) is 0. The molecule has 0 fully saturated rings. The van der Waals surface area contributed by atoms with Crippen LogP contribution in [-0.2, 0) is 13.0 Å². The summed E-state index contributed by atoms with van der Waals surface area (Å²) in [5.74, 6) is 1.15. The van der Waals surface area contributed by atoms with Crippen molar-refractivity contribution >= 4 is 0 Å². The number of hydrogen-bond acceptors (Lipinski definition) is 1. The van der Waals surface area contributed by atoms with E-state index in [1.54, 1.807) is 4.57 Å². The van der Waals surface area contributed by atoms with Crippen LogP contribution in [0.15, 0.2) is 12.4 Å². The average Bonchev–Trinajstić information content (AvgIpc) is 2.87. The van der Waals surface area contributed by atoms with Crippen LogP contribution in [0.3, 0.4) is 0 Å². The van der Waals surface area contributed by atoms with Gasteiger partial charge in [-0.1, -0.05) is 58.3 Å². The second-order valence-corrected chi connectivity index (χ2v) is 5.55. The topological polar surface area (TPSA) is 32.6 Å². The minimum Gasteiger partial charge on any atom is -0.233 e. The predicted octanol–water partition coefficient (Wildman–Crippen LogP) is 4.20. The van der Waals surface area contributed by atoms with Crippen LogP contribution >= 0.6 is 0 Å². The van der Waals surface area contributed by atoms with Crippen LogP contribution in [0.1, 0.15) is 77.5 Å². The van der Waals surface area contributed by atoms with Crippen LogP contribution in [0.5, 0.6) is 0 Å². The third-order valence-electron chi connectivity index (χ3n) is 3.96. The molecule has 0 unspecified atom stereocenters. The Morgan fingerprint density at radius 1 is 1.00 bits per heavy atom. The molecule has 0 aromatic carbocycles. The first-order valence-electron chi connectivity index (χ1n) is 8.33. The molecule has 0 aliphatic heterocycles. The summed E-state index contributed by atoms with van der Waals surface area (Å²) in [7, 11) is 0. The van der Waals surface area contributed by atoms with Crippen molar-refractivity contribution in [2.75, 3.05) is 0 Å². The first-order chi connectivity index (χ1) is 9.83. The highest BCUT2D eigenvalue weighted by Gasteiger charge is 2.14. The lowest BCUT2D eigenvalue weighted by Gasteiger charge is -2.02. The van der Waals surface area contributed by atoms with Gasteiger partial charge in [0.25, 0.3) is 12.0 Å². The standard InChI is InChI=1S/C17H30N3/c1-3-5-6-7-8-9-10-11-12-13-17-19(4-2)14-15-20(17)16-18/h14-15H,3-13H2,1-2H3/q+1. The van der Waals surface area contributed by atoms with E-state index in [4.69, 9.17) is 5.26 Å². The van der Waals surface area contributed by atoms with E-state index < -0.39 is 0 Å². The molecule has 0 aliphatic rings. The van der Waals surface area contributed by atoms with Crippen molar-refractivity contribution in [2.24, 2.45) is 0 Å². The fraction of sp³-hybridized carbons (Fsp3) is 0.765. The highest BCUT2D eigenvalue weighted by atomic mass is 15.1. The number of imidazole rings is 1. The Hall–Kier alpha value is -1.30. The minimum atomic E-state index is 0.946. The van der Waals surface area contributed by atoms with E-state index in [0.29, 0.717) is 0 Å². The van der Waals surface area contributed by atoms with Gasteiger partial charge >= 0.3 is 0 Å². The molecule has 0 saturated carbocycles. The van der Waals surface area contributed by atoms with Crippen molar-refractivity contribution in [1.29, 1.82) is 5.26 Å². The average molecular weight is 276 g/mol. The summed E-state index contributed by atoms with van der Waals surface area (Å²) in [5, 5.41) is 9.07. The van der Waals surface area contributed by atoms with Gasteiger partial charge in [0.1, 0.15) is 12.4 Å². The summed E-state index contributed by atoms with van der Waals surface area (Å²) >= 11 is 0. The molecule has 0 N–H and O–H groups in total. The number of aromatic nitrogens is 2. The normalized spacial score (nSPS) is 10.7. The first kappa shape index (κ1) is 16.8. The van der Waals surface area contributed by atoms with Crippen LogP contribution in [0.4, 0.5) is 0 Å². The number of unbranched alkanes of at least 4 members (excludes halogenated alkanes) is 8. The molecule has 0 saturated heterocycles. The van der Waals surface area contributed by atoms with Crippen LogP contribution in [0.25, 0.3) is 0 Å². The molecule has 1 heterocycles. The molecule has 1 aromatic rings. The molecule has 0 atom stereocenters. The van der Waals surface area contributed by atoms with E-state index in [2.05, 4.69) is 24.6 Å². The van der Waals surface area contributed by atoms with E-state index in [0.717, 1.165) is 18.8 Å². The molecule has 0 bridgehead atoms. The predicted molar refractivity (Wildman–Crippen MR) is 82.2 cm³/mol. The van der Waals surface area contributed by atoms with Crippen LogP contribution < -0.4 is 4.57 Å². The van der Waals surface area contributed by atoms with Crippen LogP contribution in [-0.4, -0.2) is 4.57 Å². The van der Waals surface area contributed by atoms with E-state index in [-0.39, 0.29) is 0 Å². The zero-order valence-corrected chi connectivity index (χ0v) is 13.3. The Morgan fingerprint density at radius 2 is 1.60 bits per heavy atom. The van der Waals surface area contributed by atoms with Gasteiger partial charge < -0.3 is 0 Å². The number of rotatable bonds is 11. The third-order valence-corrected chi connectivity index (χ3v) is 3.96. The van der Waals surface area contributed by atoms with Gasteiger partial charge in [0, 0.05) is 0 Å². The van der Waals surface area contributed by atoms with Crippen molar-refractivity contribution in [3.63, 3.8) is 0 Å². The number of nitriles is 1. The quantitative estimate of drug-likeness (QED) is 0.440. The molecule has 112 valence electrons. The lowest BCUT2D eigenvalue weighted by molar-refractivity contribution is -0.700. The zero-order valence-electron chi connectivity index (χ0n) is 13.3. The first-order valence-corrected chi connectivity index (χ1v) is 8.33. The summed E-state index contributed by atoms with van der Waals surface area (Å²) in [6.45, 7) is 5.34. The summed E-state index contributed by atoms with van der Waals surface area (Å²) in [5.41, 5.74) is 0. The van der Waals surface area contributed by atoms with Crippen molar-refractivity contribution < 1.29 is 4.57 Å². The number of nitrogens with zero attached hydrogens (tertiary/aromatic N) is 3. The monoisotopic (exact) mass is 276 g/mol. The lowest BCUT2D eigenvalue weighted by Crippen LogP contribution is -2.35. The Bertz CT molecular complexity index is 401. The van der Waals surface area contributed by atoms with Gasteiger partial charge in [-0.2, -0.15) is 0 Å². The number of aryl methyl sites for hydroxylation is 1. The van der Waals surface area contributed by atoms with Gasteiger partial charge in [-0.3, -0.25) is 0 Å². The molecule has 20 heavy (non-hydrogen) atoms. The van der Waals surface area contributed by atoms with Crippen LogP contribution in [0.2, 0.25) is 0 Å². The van der Waals surface area contributed by atoms with Crippen molar-refractivity contribution in [1.82, 2.24) is 4.57 Å². The fourth-order valence-corrected chi connectivity index (χ4v) is 2.69. The zero-order chi connectivity index (χ0) is 14.6. The van der Waals surface area contributed by atoms with E-state index in [9.17, 15) is 0 Å². The highest BCUT2D eigenvalue weighted by molar-refractivity contribution is 4.94. The van der Waals surface area contributed by atoms with E-state index in [1.165, 1.54) is 57.8 Å². The van der Waals surface area contributed by atoms with Crippen molar-refractivity contribution in [3.05, 3.63) is 18.2 Å². The second kappa shape index (κ2) is 10.5. The van der Waals surface area contributed by atoms with Gasteiger partial charge in [0.15, 0.2) is 0 Å². The van der Waals surface area contributed by atoms with Gasteiger partial charge in [-0.25, -0.2) is 4.57 Å². The maximum Gasteiger partial charge on any atom is 0.296 e. The SMILES string of the molecule is CCCCCCCCCCCc1n(C#N)cc[n+]1CC. The molecule has 1 aromatic heterocycles. The Labute approximate surface area is 124 Å². The smallest absolute Gasteiger partial charge is 0.233 e. The van der Waals surface area contributed by atoms with Crippen molar-refractivity contribution in [2.45, 2.75) is 84.6 Å². The third kappa shape index (κ3) is 5.77. The van der Waals surface area contributed by atoms with Gasteiger partial charge in [0.2, 0.25) is 0 Å². The summed E-state index contributed by atoms with van der Waals surface area (Å²) < 4.78 is 3.88. The molecule has 0 spiro atoms. The van der Waals surface area contributed by atoms with Crippen LogP contribution in [0, 0.1) is 11.5 Å². The van der Waals surface area contributed by atoms with E-state index in [1.807, 2.05) is 12.4 Å². The molecule has 3 nitrogen and oxygen atoms in total. The second-order valence-electron chi connectivity index (χ2n) is 5.55. The summed E-state index contributed by atoms with van der Waals surface area (Å²) in [6, 6.07) is 0. The molecule has 0 radical (unpaired) electrons. The molecule has 0 amide bonds. The lowest BCUT2D eigenvalue weighted by atomic mass is 10.1. The van der Waals surface area contributed by atoms with Gasteiger partial charge in [0.05, 0.1) is 13.0 Å². The van der Waals surface area contributed by atoms with Gasteiger partial charge in [-0.05, 0) is 13.3 Å². The van der Waals surface area contributed by atoms with Crippen molar-refractivity contribution in [3.8, 4) is 6.19 Å². The molecular weight excluding hydrogens is 246 g/mol. The molecule has 0 aliphatic carbocycles. The molecular formula is C17H30N3+. The Kier molecular flexibility index (Phi) is 8.78. The fourth-order valence-electron chi connectivity index (χ4n) is 2.69. The molecule has 3 heteroatoms. The van der Waals surface area contributed by atoms with E-state index >= 15 is 0 Å². The largest absolute Gasteiger partial charge is 0.296 e. The Balaban J connectivity index is 2.12. The molecule has 1 rings (SSSR count). The maximum absolute atomic E-state index is 9.07. The van der Waals surface area contributed by atoms with Gasteiger partial charge in [-0.15, -0.1) is 9.83 Å². The highest BCUT2D eigenvalue weighted by Crippen LogP contribution is 2.11. The summed E-state index contributed by atoms with van der Waals surface area (Å²) in [6.07, 6.45) is 19.2. The number of hydrogen-bond donors (Lipinski definition) is 0.